The van der Waals surface area contributed by atoms with Crippen molar-refractivity contribution in [3.63, 3.8) is 0 Å². The molecule has 0 saturated carbocycles. The molecule has 0 rings (SSSR count). The molecule has 0 aromatic carbocycles. The average Bonchev–Trinajstić information content (AvgIpc) is 1.85. The third kappa shape index (κ3) is 4.10. The topological polar surface area (TPSA) is 29.1 Å². The molecular weight excluding hydrogens is 218 g/mol. The van der Waals surface area contributed by atoms with Gasteiger partial charge in [0.05, 0.1) is 4.83 Å². The molecule has 1 N–H and O–H groups in total. The highest BCUT2D eigenvalue weighted by Gasteiger charge is 2.22. The second-order valence-electron chi connectivity index (χ2n) is 4.21. The Labute approximate surface area is 83.2 Å². The van der Waals surface area contributed by atoms with Crippen molar-refractivity contribution in [2.75, 3.05) is 0 Å². The lowest BCUT2D eigenvalue weighted by atomic mass is 9.88. The van der Waals surface area contributed by atoms with Gasteiger partial charge in [0.1, 0.15) is 0 Å². The van der Waals surface area contributed by atoms with E-state index in [1.807, 2.05) is 13.8 Å². The zero-order valence-corrected chi connectivity index (χ0v) is 10.0. The Kier molecular flexibility index (Phi) is 4.24. The van der Waals surface area contributed by atoms with Gasteiger partial charge in [-0.05, 0) is 19.3 Å². The fourth-order valence-corrected chi connectivity index (χ4v) is 0.677. The maximum atomic E-state index is 11.2. The van der Waals surface area contributed by atoms with E-state index in [2.05, 4.69) is 42.0 Å². The highest BCUT2D eigenvalue weighted by atomic mass is 79.9. The minimum absolute atomic E-state index is 0.0532. The summed E-state index contributed by atoms with van der Waals surface area (Å²) in [5.74, 6) is 0.0532. The summed E-state index contributed by atoms with van der Waals surface area (Å²) in [5.41, 5.74) is 0.123. The number of carbonyl (C=O) groups excluding carboxylic acids is 1. The zero-order chi connectivity index (χ0) is 9.94. The molecule has 3 heteroatoms. The van der Waals surface area contributed by atoms with E-state index < -0.39 is 0 Å². The number of alkyl halides is 1. The van der Waals surface area contributed by atoms with Crippen LogP contribution in [0.4, 0.5) is 0 Å². The van der Waals surface area contributed by atoms with E-state index in [1.165, 1.54) is 0 Å². The Morgan fingerprint density at radius 2 is 1.75 bits per heavy atom. The average molecular weight is 236 g/mol. The first-order chi connectivity index (χ1) is 5.25. The monoisotopic (exact) mass is 235 g/mol. The summed E-state index contributed by atoms with van der Waals surface area (Å²) in [6.07, 6.45) is 0. The van der Waals surface area contributed by atoms with Crippen molar-refractivity contribution in [3.8, 4) is 0 Å². The van der Waals surface area contributed by atoms with E-state index in [1.54, 1.807) is 0 Å². The number of amides is 1. The standard InChI is InChI=1S/C9H18BrNO/c1-6(10)8(12)11-7(2)9(3,4)5/h6-7H,1-5H3,(H,11,12). The van der Waals surface area contributed by atoms with E-state index in [-0.39, 0.29) is 22.2 Å². The van der Waals surface area contributed by atoms with E-state index >= 15 is 0 Å². The highest BCUT2D eigenvalue weighted by molar-refractivity contribution is 9.10. The summed E-state index contributed by atoms with van der Waals surface area (Å²) >= 11 is 3.22. The second kappa shape index (κ2) is 4.26. The number of halogens is 1. The Hall–Kier alpha value is -0.0500. The van der Waals surface area contributed by atoms with Crippen molar-refractivity contribution in [1.29, 1.82) is 0 Å². The number of hydrogen-bond donors (Lipinski definition) is 1. The smallest absolute Gasteiger partial charge is 0.233 e. The zero-order valence-electron chi connectivity index (χ0n) is 8.44. The maximum Gasteiger partial charge on any atom is 0.233 e. The van der Waals surface area contributed by atoms with Gasteiger partial charge in [-0.25, -0.2) is 0 Å². The lowest BCUT2D eigenvalue weighted by molar-refractivity contribution is -0.121. The fourth-order valence-electron chi connectivity index (χ4n) is 0.545. The molecule has 72 valence electrons. The number of hydrogen-bond acceptors (Lipinski definition) is 1. The molecule has 12 heavy (non-hydrogen) atoms. The van der Waals surface area contributed by atoms with Gasteiger partial charge in [0.15, 0.2) is 0 Å². The lowest BCUT2D eigenvalue weighted by Crippen LogP contribution is -2.43. The van der Waals surface area contributed by atoms with Crippen LogP contribution in [0.3, 0.4) is 0 Å². The summed E-state index contributed by atoms with van der Waals surface area (Å²) in [4.78, 5) is 11.1. The van der Waals surface area contributed by atoms with Gasteiger partial charge in [0.25, 0.3) is 0 Å². The minimum atomic E-state index is -0.109. The molecule has 0 aliphatic carbocycles. The summed E-state index contributed by atoms with van der Waals surface area (Å²) < 4.78 is 0. The van der Waals surface area contributed by atoms with Gasteiger partial charge in [0, 0.05) is 6.04 Å². The maximum absolute atomic E-state index is 11.2. The predicted molar refractivity (Wildman–Crippen MR) is 55.4 cm³/mol. The van der Waals surface area contributed by atoms with Crippen LogP contribution >= 0.6 is 15.9 Å². The largest absolute Gasteiger partial charge is 0.352 e. The fraction of sp³-hybridized carbons (Fsp3) is 0.889. The molecule has 0 aromatic heterocycles. The number of carbonyl (C=O) groups is 1. The molecule has 0 aliphatic rings. The number of nitrogens with one attached hydrogen (secondary N) is 1. The summed E-state index contributed by atoms with van der Waals surface area (Å²) in [5, 5.41) is 2.93. The van der Waals surface area contributed by atoms with Crippen LogP contribution in [-0.2, 0) is 4.79 Å². The molecule has 2 nitrogen and oxygen atoms in total. The summed E-state index contributed by atoms with van der Waals surface area (Å²) in [6.45, 7) is 10.2. The second-order valence-corrected chi connectivity index (χ2v) is 5.59. The van der Waals surface area contributed by atoms with Crippen LogP contribution in [0.15, 0.2) is 0 Å². The molecule has 0 bridgehead atoms. The quantitative estimate of drug-likeness (QED) is 0.732. The van der Waals surface area contributed by atoms with E-state index in [0.717, 1.165) is 0 Å². The van der Waals surface area contributed by atoms with Crippen LogP contribution in [0, 0.1) is 5.41 Å². The van der Waals surface area contributed by atoms with Crippen LogP contribution in [0.2, 0.25) is 0 Å². The molecule has 2 unspecified atom stereocenters. The third-order valence-corrected chi connectivity index (χ3v) is 2.43. The Balaban J connectivity index is 4.02. The SMILES string of the molecule is CC(Br)C(=O)NC(C)C(C)(C)C. The summed E-state index contributed by atoms with van der Waals surface area (Å²) in [7, 11) is 0. The molecule has 2 atom stereocenters. The molecule has 0 aliphatic heterocycles. The molecule has 0 fully saturated rings. The van der Waals surface area contributed by atoms with Crippen LogP contribution in [0.1, 0.15) is 34.6 Å². The van der Waals surface area contributed by atoms with Gasteiger partial charge in [-0.3, -0.25) is 4.79 Å². The highest BCUT2D eigenvalue weighted by Crippen LogP contribution is 2.18. The first kappa shape index (κ1) is 11.9. The lowest BCUT2D eigenvalue weighted by Gasteiger charge is -2.28. The normalized spacial score (nSPS) is 16.8. The van der Waals surface area contributed by atoms with Gasteiger partial charge in [-0.1, -0.05) is 36.7 Å². The van der Waals surface area contributed by atoms with Crippen molar-refractivity contribution in [1.82, 2.24) is 5.32 Å². The van der Waals surface area contributed by atoms with Crippen molar-refractivity contribution in [2.24, 2.45) is 5.41 Å². The molecule has 1 amide bonds. The molecule has 0 aromatic rings. The van der Waals surface area contributed by atoms with Gasteiger partial charge < -0.3 is 5.32 Å². The molecular formula is C9H18BrNO. The number of rotatable bonds is 2. The van der Waals surface area contributed by atoms with Crippen LogP contribution in [-0.4, -0.2) is 16.8 Å². The Bertz CT molecular complexity index is 160. The first-order valence-corrected chi connectivity index (χ1v) is 5.11. The van der Waals surface area contributed by atoms with Crippen LogP contribution in [0.5, 0.6) is 0 Å². The van der Waals surface area contributed by atoms with Gasteiger partial charge in [-0.2, -0.15) is 0 Å². The molecule has 0 heterocycles. The molecule has 0 saturated heterocycles. The predicted octanol–water partition coefficient (Wildman–Crippen LogP) is 2.32. The first-order valence-electron chi connectivity index (χ1n) is 4.19. The molecule has 0 spiro atoms. The molecule has 0 radical (unpaired) electrons. The van der Waals surface area contributed by atoms with E-state index in [4.69, 9.17) is 0 Å². The van der Waals surface area contributed by atoms with Gasteiger partial charge >= 0.3 is 0 Å². The summed E-state index contributed by atoms with van der Waals surface area (Å²) in [6, 6.07) is 0.199. The van der Waals surface area contributed by atoms with Crippen molar-refractivity contribution >= 4 is 21.8 Å². The van der Waals surface area contributed by atoms with Gasteiger partial charge in [0.2, 0.25) is 5.91 Å². The van der Waals surface area contributed by atoms with Crippen molar-refractivity contribution in [2.45, 2.75) is 45.5 Å². The minimum Gasteiger partial charge on any atom is -0.352 e. The van der Waals surface area contributed by atoms with Crippen molar-refractivity contribution < 1.29 is 4.79 Å². The Morgan fingerprint density at radius 1 is 1.33 bits per heavy atom. The van der Waals surface area contributed by atoms with Gasteiger partial charge in [-0.15, -0.1) is 0 Å². The van der Waals surface area contributed by atoms with E-state index in [0.29, 0.717) is 0 Å². The van der Waals surface area contributed by atoms with Crippen LogP contribution < -0.4 is 5.32 Å². The van der Waals surface area contributed by atoms with Crippen molar-refractivity contribution in [3.05, 3.63) is 0 Å². The van der Waals surface area contributed by atoms with E-state index in [9.17, 15) is 4.79 Å². The third-order valence-electron chi connectivity index (χ3n) is 2.02. The Morgan fingerprint density at radius 3 is 2.00 bits per heavy atom. The van der Waals surface area contributed by atoms with Crippen LogP contribution in [0.25, 0.3) is 0 Å².